The molecule has 0 bridgehead atoms. The van der Waals surface area contributed by atoms with E-state index < -0.39 is 17.8 Å². The predicted molar refractivity (Wildman–Crippen MR) is 49.6 cm³/mol. The highest BCUT2D eigenvalue weighted by molar-refractivity contribution is 6.17. The normalized spacial score (nSPS) is 16.8. The summed E-state index contributed by atoms with van der Waals surface area (Å²) in [6, 6.07) is 0. The number of nitrogens with two attached hydrogens (primary N) is 1. The first-order valence-corrected chi connectivity index (χ1v) is 4.41. The Labute approximate surface area is 81.5 Å². The van der Waals surface area contributed by atoms with Crippen LogP contribution in [0, 0.1) is 5.92 Å². The Morgan fingerprint density at radius 3 is 2.86 bits per heavy atom. The minimum atomic E-state index is -1.09. The molecule has 1 rings (SSSR count). The second kappa shape index (κ2) is 4.59. The van der Waals surface area contributed by atoms with Crippen molar-refractivity contribution < 1.29 is 14.3 Å². The number of carbonyl (C=O) groups is 2. The van der Waals surface area contributed by atoms with Crippen molar-refractivity contribution in [1.29, 1.82) is 0 Å². The summed E-state index contributed by atoms with van der Waals surface area (Å²) < 4.78 is 4.72. The number of esters is 1. The van der Waals surface area contributed by atoms with Crippen LogP contribution in [0.5, 0.6) is 0 Å². The first-order chi connectivity index (χ1) is 6.66. The maximum Gasteiger partial charge on any atom is 0.326 e. The fourth-order valence-electron chi connectivity index (χ4n) is 1.20. The van der Waals surface area contributed by atoms with Crippen LogP contribution in [0.1, 0.15) is 6.92 Å². The van der Waals surface area contributed by atoms with E-state index in [1.807, 2.05) is 0 Å². The number of hydrogen-bond donors (Lipinski definition) is 2. The lowest BCUT2D eigenvalue weighted by Gasteiger charge is -2.12. The summed E-state index contributed by atoms with van der Waals surface area (Å²) in [4.78, 5) is 26.3. The van der Waals surface area contributed by atoms with Crippen molar-refractivity contribution >= 4 is 17.7 Å². The van der Waals surface area contributed by atoms with Crippen LogP contribution in [0.15, 0.2) is 4.99 Å². The average Bonchev–Trinajstić information content (AvgIpc) is 2.57. The number of nitrogens with one attached hydrogen (secondary N) is 1. The zero-order valence-electron chi connectivity index (χ0n) is 7.95. The van der Waals surface area contributed by atoms with Gasteiger partial charge in [0.15, 0.2) is 5.92 Å². The highest BCUT2D eigenvalue weighted by atomic mass is 16.5. The molecule has 0 aromatic rings. The predicted octanol–water partition coefficient (Wildman–Crippen LogP) is -1.35. The maximum atomic E-state index is 11.3. The Kier molecular flexibility index (Phi) is 3.44. The summed E-state index contributed by atoms with van der Waals surface area (Å²) in [6.45, 7) is 3.06. The first kappa shape index (κ1) is 10.5. The molecule has 3 N–H and O–H groups in total. The molecular formula is C8H13N3O3. The quantitative estimate of drug-likeness (QED) is 0.432. The smallest absolute Gasteiger partial charge is 0.326 e. The van der Waals surface area contributed by atoms with Gasteiger partial charge < -0.3 is 15.8 Å². The molecule has 0 aromatic heterocycles. The second-order valence-electron chi connectivity index (χ2n) is 2.78. The standard InChI is InChI=1S/C8H13N3O3/c1-2-14-8(13)5(6(9)12)7-10-3-4-11-7/h5H,2-4H2,1H3,(H2,9,12)(H,10,11). The van der Waals surface area contributed by atoms with E-state index >= 15 is 0 Å². The van der Waals surface area contributed by atoms with Crippen molar-refractivity contribution in [3.8, 4) is 0 Å². The summed E-state index contributed by atoms with van der Waals surface area (Å²) in [5.74, 6) is -2.15. The van der Waals surface area contributed by atoms with Gasteiger partial charge in [0.2, 0.25) is 5.91 Å². The second-order valence-corrected chi connectivity index (χ2v) is 2.78. The molecule has 1 heterocycles. The number of amides is 1. The number of primary amides is 1. The van der Waals surface area contributed by atoms with Gasteiger partial charge in [-0.2, -0.15) is 0 Å². The Hall–Kier alpha value is -1.59. The van der Waals surface area contributed by atoms with Gasteiger partial charge in [-0.3, -0.25) is 14.6 Å². The fourth-order valence-corrected chi connectivity index (χ4v) is 1.20. The summed E-state index contributed by atoms with van der Waals surface area (Å²) in [5.41, 5.74) is 5.09. The summed E-state index contributed by atoms with van der Waals surface area (Å²) in [5, 5.41) is 2.83. The Bertz CT molecular complexity index is 275. The summed E-state index contributed by atoms with van der Waals surface area (Å²) in [6.07, 6.45) is 0. The van der Waals surface area contributed by atoms with E-state index in [1.54, 1.807) is 6.92 Å². The molecule has 0 saturated heterocycles. The van der Waals surface area contributed by atoms with Crippen molar-refractivity contribution in [2.24, 2.45) is 16.6 Å². The van der Waals surface area contributed by atoms with Crippen molar-refractivity contribution in [1.82, 2.24) is 5.32 Å². The lowest BCUT2D eigenvalue weighted by molar-refractivity contribution is -0.148. The largest absolute Gasteiger partial charge is 0.465 e. The van der Waals surface area contributed by atoms with Crippen LogP contribution >= 0.6 is 0 Å². The van der Waals surface area contributed by atoms with E-state index in [1.165, 1.54) is 0 Å². The molecule has 14 heavy (non-hydrogen) atoms. The van der Waals surface area contributed by atoms with E-state index in [2.05, 4.69) is 10.3 Å². The van der Waals surface area contributed by atoms with Crippen LogP contribution in [-0.2, 0) is 14.3 Å². The van der Waals surface area contributed by atoms with Crippen LogP contribution in [0.4, 0.5) is 0 Å². The minimum absolute atomic E-state index is 0.218. The molecule has 0 aliphatic carbocycles. The molecule has 0 spiro atoms. The SMILES string of the molecule is CCOC(=O)C(C(N)=O)C1=NCCN1. The van der Waals surface area contributed by atoms with E-state index in [9.17, 15) is 9.59 Å². The molecule has 6 heteroatoms. The molecule has 1 atom stereocenters. The number of aliphatic imine (C=N–C) groups is 1. The number of hydrogen-bond acceptors (Lipinski definition) is 5. The summed E-state index contributed by atoms with van der Waals surface area (Å²) in [7, 11) is 0. The highest BCUT2D eigenvalue weighted by Gasteiger charge is 2.32. The molecule has 1 amide bonds. The van der Waals surface area contributed by atoms with Gasteiger partial charge in [0.25, 0.3) is 0 Å². The summed E-state index contributed by atoms with van der Waals surface area (Å²) >= 11 is 0. The van der Waals surface area contributed by atoms with Crippen LogP contribution in [-0.4, -0.2) is 37.4 Å². The van der Waals surface area contributed by atoms with Crippen molar-refractivity contribution in [2.45, 2.75) is 6.92 Å². The fraction of sp³-hybridized carbons (Fsp3) is 0.625. The molecule has 0 fully saturated rings. The average molecular weight is 199 g/mol. The molecule has 0 radical (unpaired) electrons. The van der Waals surface area contributed by atoms with Crippen LogP contribution < -0.4 is 11.1 Å². The van der Waals surface area contributed by atoms with Crippen LogP contribution in [0.25, 0.3) is 0 Å². The molecule has 0 aromatic carbocycles. The first-order valence-electron chi connectivity index (χ1n) is 4.41. The molecule has 1 unspecified atom stereocenters. The van der Waals surface area contributed by atoms with Gasteiger partial charge in [-0.25, -0.2) is 0 Å². The number of nitrogens with zero attached hydrogens (tertiary/aromatic N) is 1. The third-order valence-electron chi connectivity index (χ3n) is 1.78. The molecule has 1 aliphatic rings. The molecule has 6 nitrogen and oxygen atoms in total. The van der Waals surface area contributed by atoms with E-state index in [-0.39, 0.29) is 6.61 Å². The Balaban J connectivity index is 2.73. The van der Waals surface area contributed by atoms with Gasteiger partial charge in [-0.05, 0) is 6.92 Å². The topological polar surface area (TPSA) is 93.8 Å². The highest BCUT2D eigenvalue weighted by Crippen LogP contribution is 2.04. The molecule has 0 saturated carbocycles. The number of carbonyl (C=O) groups excluding carboxylic acids is 2. The zero-order valence-corrected chi connectivity index (χ0v) is 7.95. The maximum absolute atomic E-state index is 11.3. The third-order valence-corrected chi connectivity index (χ3v) is 1.78. The zero-order chi connectivity index (χ0) is 10.6. The van der Waals surface area contributed by atoms with Gasteiger partial charge in [0.05, 0.1) is 13.2 Å². The minimum Gasteiger partial charge on any atom is -0.465 e. The lowest BCUT2D eigenvalue weighted by Crippen LogP contribution is -2.42. The van der Waals surface area contributed by atoms with E-state index in [4.69, 9.17) is 10.5 Å². The monoisotopic (exact) mass is 199 g/mol. The van der Waals surface area contributed by atoms with Crippen molar-refractivity contribution in [3.05, 3.63) is 0 Å². The Morgan fingerprint density at radius 1 is 1.71 bits per heavy atom. The van der Waals surface area contributed by atoms with Crippen molar-refractivity contribution in [2.75, 3.05) is 19.7 Å². The number of rotatable bonds is 4. The number of ether oxygens (including phenoxy) is 1. The van der Waals surface area contributed by atoms with Gasteiger partial charge in [-0.15, -0.1) is 0 Å². The van der Waals surface area contributed by atoms with Crippen LogP contribution in [0.3, 0.4) is 0 Å². The Morgan fingerprint density at radius 2 is 2.43 bits per heavy atom. The van der Waals surface area contributed by atoms with E-state index in [0.29, 0.717) is 18.9 Å². The van der Waals surface area contributed by atoms with E-state index in [0.717, 1.165) is 0 Å². The van der Waals surface area contributed by atoms with Crippen LogP contribution in [0.2, 0.25) is 0 Å². The molecule has 1 aliphatic heterocycles. The number of amidine groups is 1. The van der Waals surface area contributed by atoms with Gasteiger partial charge in [0, 0.05) is 6.54 Å². The van der Waals surface area contributed by atoms with Gasteiger partial charge in [-0.1, -0.05) is 0 Å². The third kappa shape index (κ3) is 2.21. The van der Waals surface area contributed by atoms with Crippen molar-refractivity contribution in [3.63, 3.8) is 0 Å². The molecular weight excluding hydrogens is 186 g/mol. The van der Waals surface area contributed by atoms with Gasteiger partial charge >= 0.3 is 5.97 Å². The lowest BCUT2D eigenvalue weighted by atomic mass is 10.1. The molecule has 78 valence electrons. The van der Waals surface area contributed by atoms with Gasteiger partial charge in [0.1, 0.15) is 5.84 Å².